The number of aromatic nitrogens is 1. The Labute approximate surface area is 183 Å². The highest BCUT2D eigenvalue weighted by Crippen LogP contribution is 2.26. The topological polar surface area (TPSA) is 72.6 Å². The summed E-state index contributed by atoms with van der Waals surface area (Å²) in [6, 6.07) is 13.9. The lowest BCUT2D eigenvalue weighted by molar-refractivity contribution is 0.155. The first-order chi connectivity index (χ1) is 15.1. The average Bonchev–Trinajstić information content (AvgIpc) is 3.18. The van der Waals surface area contributed by atoms with Gasteiger partial charge in [0.2, 0.25) is 0 Å². The molecule has 3 aromatic rings. The molecule has 2 amide bonds. The average molecular weight is 422 g/mol. The molecule has 7 heteroatoms. The largest absolute Gasteiger partial charge is 0.497 e. The molecule has 2 aromatic carbocycles. The highest BCUT2D eigenvalue weighted by atomic mass is 16.5. The van der Waals surface area contributed by atoms with Crippen LogP contribution in [0.15, 0.2) is 48.7 Å². The van der Waals surface area contributed by atoms with Gasteiger partial charge in [-0.15, -0.1) is 0 Å². The molecule has 1 fully saturated rings. The van der Waals surface area contributed by atoms with E-state index in [0.29, 0.717) is 6.54 Å². The van der Waals surface area contributed by atoms with Crippen molar-refractivity contribution in [1.82, 2.24) is 20.1 Å². The predicted molar refractivity (Wildman–Crippen MR) is 125 cm³/mol. The SMILES string of the molecule is COc1cc(Cc2c[nH]c3ccccc23)cc(NC(=O)NCCN2CCN(C)CC2)c1. The number of fused-ring (bicyclic) bond motifs is 1. The first kappa shape index (κ1) is 21.2. The van der Waals surface area contributed by atoms with Gasteiger partial charge in [0.25, 0.3) is 0 Å². The predicted octanol–water partition coefficient (Wildman–Crippen LogP) is 3.14. The molecule has 1 aromatic heterocycles. The zero-order valence-electron chi connectivity index (χ0n) is 18.3. The zero-order valence-corrected chi connectivity index (χ0v) is 18.3. The van der Waals surface area contributed by atoms with Crippen LogP contribution in [0.25, 0.3) is 10.9 Å². The fraction of sp³-hybridized carbons (Fsp3) is 0.375. The Morgan fingerprint density at radius 2 is 1.94 bits per heavy atom. The van der Waals surface area contributed by atoms with Crippen LogP contribution in [0.2, 0.25) is 0 Å². The Morgan fingerprint density at radius 1 is 1.13 bits per heavy atom. The van der Waals surface area contributed by atoms with E-state index < -0.39 is 0 Å². The van der Waals surface area contributed by atoms with Crippen LogP contribution in [0, 0.1) is 0 Å². The molecular formula is C24H31N5O2. The van der Waals surface area contributed by atoms with Crippen molar-refractivity contribution >= 4 is 22.6 Å². The van der Waals surface area contributed by atoms with Gasteiger partial charge in [0.15, 0.2) is 0 Å². The number of anilines is 1. The van der Waals surface area contributed by atoms with Crippen LogP contribution in [-0.4, -0.2) is 74.2 Å². The van der Waals surface area contributed by atoms with Gasteiger partial charge in [-0.2, -0.15) is 0 Å². The van der Waals surface area contributed by atoms with Crippen LogP contribution in [0.4, 0.5) is 10.5 Å². The standard InChI is InChI=1S/C24H31N5O2/c1-28-9-11-29(12-10-28)8-7-25-24(30)27-20-14-18(15-21(16-20)31-2)13-19-17-26-23-6-4-3-5-22(19)23/h3-6,14-17,26H,7-13H2,1-2H3,(H2,25,27,30). The molecular weight excluding hydrogens is 390 g/mol. The van der Waals surface area contributed by atoms with Crippen molar-refractivity contribution in [3.63, 3.8) is 0 Å². The van der Waals surface area contributed by atoms with E-state index in [2.05, 4.69) is 44.6 Å². The number of piperazine rings is 1. The smallest absolute Gasteiger partial charge is 0.319 e. The molecule has 4 rings (SSSR count). The molecule has 31 heavy (non-hydrogen) atoms. The molecule has 2 heterocycles. The van der Waals surface area contributed by atoms with Gasteiger partial charge in [-0.05, 0) is 42.8 Å². The maximum absolute atomic E-state index is 12.4. The lowest BCUT2D eigenvalue weighted by atomic mass is 10.0. The van der Waals surface area contributed by atoms with Crippen LogP contribution in [0.1, 0.15) is 11.1 Å². The summed E-state index contributed by atoms with van der Waals surface area (Å²) < 4.78 is 5.46. The Kier molecular flexibility index (Phi) is 6.74. The van der Waals surface area contributed by atoms with E-state index in [1.54, 1.807) is 7.11 Å². The molecule has 0 radical (unpaired) electrons. The summed E-state index contributed by atoms with van der Waals surface area (Å²) in [5.74, 6) is 0.727. The van der Waals surface area contributed by atoms with Gasteiger partial charge < -0.3 is 25.3 Å². The molecule has 0 unspecified atom stereocenters. The van der Waals surface area contributed by atoms with E-state index in [1.165, 1.54) is 10.9 Å². The lowest BCUT2D eigenvalue weighted by Crippen LogP contribution is -2.47. The van der Waals surface area contributed by atoms with E-state index in [-0.39, 0.29) is 6.03 Å². The lowest BCUT2D eigenvalue weighted by Gasteiger charge is -2.32. The van der Waals surface area contributed by atoms with Gasteiger partial charge in [-0.25, -0.2) is 4.79 Å². The minimum Gasteiger partial charge on any atom is -0.497 e. The summed E-state index contributed by atoms with van der Waals surface area (Å²) >= 11 is 0. The number of carbonyl (C=O) groups excluding carboxylic acids is 1. The van der Waals surface area contributed by atoms with Crippen molar-refractivity contribution < 1.29 is 9.53 Å². The summed E-state index contributed by atoms with van der Waals surface area (Å²) in [4.78, 5) is 20.4. The third-order valence-corrected chi connectivity index (χ3v) is 5.84. The van der Waals surface area contributed by atoms with Crippen molar-refractivity contribution in [1.29, 1.82) is 0 Å². The second-order valence-corrected chi connectivity index (χ2v) is 8.13. The number of nitrogens with one attached hydrogen (secondary N) is 3. The number of likely N-dealkylation sites (N-methyl/N-ethyl adjacent to an activating group) is 1. The molecule has 1 aliphatic heterocycles. The minimum absolute atomic E-state index is 0.194. The van der Waals surface area contributed by atoms with Crippen molar-refractivity contribution in [3.05, 3.63) is 59.8 Å². The number of carbonyl (C=O) groups is 1. The Morgan fingerprint density at radius 3 is 2.74 bits per heavy atom. The highest BCUT2D eigenvalue weighted by Gasteiger charge is 2.14. The summed E-state index contributed by atoms with van der Waals surface area (Å²) in [6.45, 7) is 5.75. The van der Waals surface area contributed by atoms with Gasteiger partial charge in [0, 0.05) is 68.1 Å². The fourth-order valence-corrected chi connectivity index (χ4v) is 4.02. The van der Waals surface area contributed by atoms with Gasteiger partial charge in [-0.1, -0.05) is 18.2 Å². The van der Waals surface area contributed by atoms with Crippen molar-refractivity contribution in [2.45, 2.75) is 6.42 Å². The van der Waals surface area contributed by atoms with E-state index in [9.17, 15) is 4.79 Å². The molecule has 3 N–H and O–H groups in total. The van der Waals surface area contributed by atoms with Crippen LogP contribution in [0.5, 0.6) is 5.75 Å². The Balaban J connectivity index is 1.36. The fourth-order valence-electron chi connectivity index (χ4n) is 4.02. The van der Waals surface area contributed by atoms with Crippen LogP contribution >= 0.6 is 0 Å². The van der Waals surface area contributed by atoms with Crippen LogP contribution < -0.4 is 15.4 Å². The maximum atomic E-state index is 12.4. The number of aromatic amines is 1. The molecule has 7 nitrogen and oxygen atoms in total. The normalized spacial score (nSPS) is 15.2. The summed E-state index contributed by atoms with van der Waals surface area (Å²) in [6.07, 6.45) is 2.79. The van der Waals surface area contributed by atoms with Crippen molar-refractivity contribution in [3.8, 4) is 5.75 Å². The number of para-hydroxylation sites is 1. The van der Waals surface area contributed by atoms with Crippen LogP contribution in [0.3, 0.4) is 0 Å². The number of amides is 2. The zero-order chi connectivity index (χ0) is 21.6. The molecule has 1 saturated heterocycles. The number of H-pyrrole nitrogens is 1. The number of hydrogen-bond acceptors (Lipinski definition) is 4. The molecule has 0 saturated carbocycles. The second kappa shape index (κ2) is 9.85. The van der Waals surface area contributed by atoms with E-state index in [0.717, 1.165) is 61.7 Å². The molecule has 0 spiro atoms. The monoisotopic (exact) mass is 421 g/mol. The summed E-state index contributed by atoms with van der Waals surface area (Å²) in [5, 5.41) is 7.13. The van der Waals surface area contributed by atoms with E-state index >= 15 is 0 Å². The summed E-state index contributed by atoms with van der Waals surface area (Å²) in [5.41, 5.74) is 4.15. The van der Waals surface area contributed by atoms with E-state index in [4.69, 9.17) is 4.74 Å². The number of urea groups is 1. The molecule has 164 valence electrons. The van der Waals surface area contributed by atoms with E-state index in [1.807, 2.05) is 36.5 Å². The number of nitrogens with zero attached hydrogens (tertiary/aromatic N) is 2. The first-order valence-electron chi connectivity index (χ1n) is 10.8. The maximum Gasteiger partial charge on any atom is 0.319 e. The van der Waals surface area contributed by atoms with Gasteiger partial charge in [-0.3, -0.25) is 4.90 Å². The minimum atomic E-state index is -0.194. The molecule has 1 aliphatic rings. The van der Waals surface area contributed by atoms with Gasteiger partial charge in [0.1, 0.15) is 5.75 Å². The third kappa shape index (κ3) is 5.57. The number of rotatable bonds is 7. The highest BCUT2D eigenvalue weighted by molar-refractivity contribution is 5.89. The number of benzene rings is 2. The quantitative estimate of drug-likeness (QED) is 0.548. The number of methoxy groups -OCH3 is 1. The van der Waals surface area contributed by atoms with Crippen molar-refractivity contribution in [2.24, 2.45) is 0 Å². The number of hydrogen-bond donors (Lipinski definition) is 3. The molecule has 0 atom stereocenters. The Bertz CT molecular complexity index is 1020. The second-order valence-electron chi connectivity index (χ2n) is 8.13. The van der Waals surface area contributed by atoms with Gasteiger partial charge in [0.05, 0.1) is 7.11 Å². The molecule has 0 bridgehead atoms. The molecule has 0 aliphatic carbocycles. The third-order valence-electron chi connectivity index (χ3n) is 5.84. The summed E-state index contributed by atoms with van der Waals surface area (Å²) in [7, 11) is 3.79. The van der Waals surface area contributed by atoms with Crippen molar-refractivity contribution in [2.75, 3.05) is 58.7 Å². The van der Waals surface area contributed by atoms with Crippen LogP contribution in [-0.2, 0) is 6.42 Å². The van der Waals surface area contributed by atoms with Gasteiger partial charge >= 0.3 is 6.03 Å². The number of ether oxygens (including phenoxy) is 1. The first-order valence-corrected chi connectivity index (χ1v) is 10.8. The Hall–Kier alpha value is -3.03.